The van der Waals surface area contributed by atoms with E-state index in [1.165, 1.54) is 12.1 Å². The summed E-state index contributed by atoms with van der Waals surface area (Å²) in [5.74, 6) is 0.0527. The van der Waals surface area contributed by atoms with Crippen molar-refractivity contribution in [3.8, 4) is 5.75 Å². The Morgan fingerprint density at radius 2 is 2.12 bits per heavy atom. The number of para-hydroxylation sites is 1. The third kappa shape index (κ3) is 1.67. The molecule has 1 saturated carbocycles. The molecule has 1 aliphatic rings. The maximum atomic E-state index is 12.9. The number of alkyl halides is 2. The zero-order chi connectivity index (χ0) is 11.8. The first-order valence-electron chi connectivity index (χ1n) is 4.79. The van der Waals surface area contributed by atoms with Crippen LogP contribution >= 0.6 is 11.6 Å². The van der Waals surface area contributed by atoms with E-state index in [0.29, 0.717) is 18.4 Å². The van der Waals surface area contributed by atoms with E-state index in [0.717, 1.165) is 0 Å². The smallest absolute Gasteiger partial charge is 0.298 e. The van der Waals surface area contributed by atoms with Gasteiger partial charge in [-0.15, -0.1) is 0 Å². The molecule has 2 rings (SSSR count). The zero-order valence-corrected chi connectivity index (χ0v) is 9.01. The van der Waals surface area contributed by atoms with Crippen LogP contribution in [-0.4, -0.2) is 12.9 Å². The number of rotatable bonds is 4. The van der Waals surface area contributed by atoms with E-state index in [4.69, 9.17) is 16.3 Å². The van der Waals surface area contributed by atoms with Crippen LogP contribution in [0.4, 0.5) is 8.78 Å². The average molecular weight is 247 g/mol. The number of carbonyl (C=O) groups excluding carboxylic acids is 1. The van der Waals surface area contributed by atoms with Gasteiger partial charge in [-0.2, -0.15) is 0 Å². The molecule has 0 amide bonds. The summed E-state index contributed by atoms with van der Waals surface area (Å²) in [4.78, 5) is 10.3. The van der Waals surface area contributed by atoms with Crippen LogP contribution in [-0.2, 0) is 10.2 Å². The van der Waals surface area contributed by atoms with Crippen LogP contribution in [0.2, 0.25) is 5.02 Å². The summed E-state index contributed by atoms with van der Waals surface area (Å²) in [6.07, 6.45) is -1.69. The summed E-state index contributed by atoms with van der Waals surface area (Å²) in [5.41, 5.74) is -0.856. The Bertz CT molecular complexity index is 416. The van der Waals surface area contributed by atoms with Gasteiger partial charge >= 0.3 is 0 Å². The van der Waals surface area contributed by atoms with Gasteiger partial charge in [-0.3, -0.25) is 4.79 Å². The Morgan fingerprint density at radius 3 is 2.62 bits per heavy atom. The third-order valence-corrected chi connectivity index (χ3v) is 3.17. The summed E-state index contributed by atoms with van der Waals surface area (Å²) in [6, 6.07) is 4.62. The molecule has 0 saturated heterocycles. The Balaban J connectivity index is 2.48. The molecular formula is C11H9ClF2O2. The van der Waals surface area contributed by atoms with Crippen LogP contribution < -0.4 is 4.74 Å². The molecule has 86 valence electrons. The molecule has 0 bridgehead atoms. The molecule has 1 aromatic rings. The van der Waals surface area contributed by atoms with Crippen molar-refractivity contribution >= 4 is 18.1 Å². The summed E-state index contributed by atoms with van der Waals surface area (Å²) >= 11 is 5.82. The first-order valence-corrected chi connectivity index (χ1v) is 5.17. The highest BCUT2D eigenvalue weighted by atomic mass is 35.5. The van der Waals surface area contributed by atoms with Gasteiger partial charge in [-0.25, -0.2) is 8.78 Å². The van der Waals surface area contributed by atoms with Crippen molar-refractivity contribution in [2.24, 2.45) is 0 Å². The number of hydrogen-bond donors (Lipinski definition) is 0. The van der Waals surface area contributed by atoms with Gasteiger partial charge in [0.05, 0.1) is 10.4 Å². The predicted octanol–water partition coefficient (Wildman–Crippen LogP) is 3.17. The summed E-state index contributed by atoms with van der Waals surface area (Å²) in [6.45, 7) is 0.201. The molecule has 0 heterocycles. The first-order chi connectivity index (χ1) is 7.62. The molecule has 16 heavy (non-hydrogen) atoms. The standard InChI is InChI=1S/C11H9ClF2O2/c12-8-3-1-2-7(9(8)16-6-15)11(4-5-11)10(13)14/h1-3,6,10H,4-5H2. The maximum Gasteiger partial charge on any atom is 0.298 e. The van der Waals surface area contributed by atoms with Crippen molar-refractivity contribution in [3.63, 3.8) is 0 Å². The van der Waals surface area contributed by atoms with Crippen molar-refractivity contribution in [2.45, 2.75) is 24.7 Å². The molecule has 1 aromatic carbocycles. The fraction of sp³-hybridized carbons (Fsp3) is 0.364. The van der Waals surface area contributed by atoms with Gasteiger partial charge in [0.15, 0.2) is 5.75 Å². The van der Waals surface area contributed by atoms with Gasteiger partial charge in [0, 0.05) is 5.56 Å². The van der Waals surface area contributed by atoms with E-state index in [1.807, 2.05) is 0 Å². The summed E-state index contributed by atoms with van der Waals surface area (Å²) in [7, 11) is 0. The van der Waals surface area contributed by atoms with Crippen molar-refractivity contribution in [3.05, 3.63) is 28.8 Å². The Morgan fingerprint density at radius 1 is 1.44 bits per heavy atom. The highest BCUT2D eigenvalue weighted by molar-refractivity contribution is 6.32. The molecule has 0 radical (unpaired) electrons. The summed E-state index contributed by atoms with van der Waals surface area (Å²) in [5, 5.41) is 0.177. The van der Waals surface area contributed by atoms with Crippen molar-refractivity contribution < 1.29 is 18.3 Å². The zero-order valence-electron chi connectivity index (χ0n) is 8.25. The molecule has 0 spiro atoms. The van der Waals surface area contributed by atoms with Crippen LogP contribution in [0.15, 0.2) is 18.2 Å². The van der Waals surface area contributed by atoms with Gasteiger partial charge in [-0.05, 0) is 18.9 Å². The Labute approximate surface area is 96.2 Å². The SMILES string of the molecule is O=COc1c(Cl)cccc1C1(C(F)F)CC1. The number of hydrogen-bond acceptors (Lipinski definition) is 2. The van der Waals surface area contributed by atoms with Crippen molar-refractivity contribution in [2.75, 3.05) is 0 Å². The first kappa shape index (κ1) is 11.3. The largest absolute Gasteiger partial charge is 0.427 e. The van der Waals surface area contributed by atoms with E-state index >= 15 is 0 Å². The van der Waals surface area contributed by atoms with Crippen LogP contribution in [0, 0.1) is 0 Å². The van der Waals surface area contributed by atoms with Gasteiger partial charge in [0.1, 0.15) is 0 Å². The number of benzene rings is 1. The molecule has 2 nitrogen and oxygen atoms in total. The second-order valence-electron chi connectivity index (χ2n) is 3.79. The fourth-order valence-electron chi connectivity index (χ4n) is 1.81. The van der Waals surface area contributed by atoms with Crippen LogP contribution in [0.3, 0.4) is 0 Å². The maximum absolute atomic E-state index is 12.9. The highest BCUT2D eigenvalue weighted by Gasteiger charge is 2.54. The topological polar surface area (TPSA) is 26.3 Å². The second kappa shape index (κ2) is 4.01. The molecule has 1 fully saturated rings. The summed E-state index contributed by atoms with van der Waals surface area (Å²) < 4.78 is 30.6. The van der Waals surface area contributed by atoms with Crippen LogP contribution in [0.1, 0.15) is 18.4 Å². The Hall–Kier alpha value is -1.16. The monoisotopic (exact) mass is 246 g/mol. The number of carbonyl (C=O) groups is 1. The minimum absolute atomic E-state index is 0.0527. The minimum atomic E-state index is -2.47. The van der Waals surface area contributed by atoms with E-state index in [-0.39, 0.29) is 17.2 Å². The fourth-order valence-corrected chi connectivity index (χ4v) is 2.03. The van der Waals surface area contributed by atoms with E-state index in [2.05, 4.69) is 0 Å². The van der Waals surface area contributed by atoms with E-state index in [1.54, 1.807) is 6.07 Å². The highest BCUT2D eigenvalue weighted by Crippen LogP contribution is 2.56. The molecule has 0 aromatic heterocycles. The lowest BCUT2D eigenvalue weighted by atomic mass is 9.95. The second-order valence-corrected chi connectivity index (χ2v) is 4.19. The van der Waals surface area contributed by atoms with Crippen molar-refractivity contribution in [1.29, 1.82) is 0 Å². The van der Waals surface area contributed by atoms with Gasteiger partial charge < -0.3 is 4.74 Å². The lowest BCUT2D eigenvalue weighted by Gasteiger charge is -2.17. The van der Waals surface area contributed by atoms with Gasteiger partial charge in [0.25, 0.3) is 6.47 Å². The molecular weight excluding hydrogens is 238 g/mol. The normalized spacial score (nSPS) is 17.2. The van der Waals surface area contributed by atoms with Crippen molar-refractivity contribution in [1.82, 2.24) is 0 Å². The number of ether oxygens (including phenoxy) is 1. The van der Waals surface area contributed by atoms with E-state index in [9.17, 15) is 13.6 Å². The molecule has 1 aliphatic carbocycles. The number of halogens is 3. The molecule has 0 unspecified atom stereocenters. The molecule has 0 atom stereocenters. The molecule has 0 aliphatic heterocycles. The molecule has 5 heteroatoms. The predicted molar refractivity (Wildman–Crippen MR) is 55.1 cm³/mol. The lowest BCUT2D eigenvalue weighted by molar-refractivity contribution is -0.120. The average Bonchev–Trinajstić information content (AvgIpc) is 3.02. The molecule has 0 N–H and O–H groups in total. The van der Waals surface area contributed by atoms with E-state index < -0.39 is 11.8 Å². The Kier molecular flexibility index (Phi) is 2.84. The van der Waals surface area contributed by atoms with Gasteiger partial charge in [0.2, 0.25) is 6.43 Å². The lowest BCUT2D eigenvalue weighted by Crippen LogP contribution is -2.18. The van der Waals surface area contributed by atoms with Crippen LogP contribution in [0.5, 0.6) is 5.75 Å². The third-order valence-electron chi connectivity index (χ3n) is 2.88. The minimum Gasteiger partial charge on any atom is -0.427 e. The van der Waals surface area contributed by atoms with Gasteiger partial charge in [-0.1, -0.05) is 23.7 Å². The van der Waals surface area contributed by atoms with Crippen LogP contribution in [0.25, 0.3) is 0 Å². The quantitative estimate of drug-likeness (QED) is 0.763.